The molecule has 0 bridgehead atoms. The van der Waals surface area contributed by atoms with Gasteiger partial charge in [-0.05, 0) is 53.2 Å². The first-order chi connectivity index (χ1) is 16.0. The highest BCUT2D eigenvalue weighted by Gasteiger charge is 2.33. The Balaban J connectivity index is 1.45. The van der Waals surface area contributed by atoms with Crippen LogP contribution in [0.15, 0.2) is 54.7 Å². The van der Waals surface area contributed by atoms with Gasteiger partial charge in [-0.15, -0.1) is 5.10 Å². The van der Waals surface area contributed by atoms with Crippen molar-refractivity contribution in [3.63, 3.8) is 0 Å². The number of aromatic amines is 1. The second-order valence-corrected chi connectivity index (χ2v) is 7.85. The van der Waals surface area contributed by atoms with Crippen LogP contribution in [0.25, 0.3) is 17.2 Å². The van der Waals surface area contributed by atoms with Gasteiger partial charge in [-0.3, -0.25) is 0 Å². The SMILES string of the molecule is CCOC1Nc2cccc(C(=O)O)c2N1Cc1ccc(-n2cc(Cl)cc2-c2nnn[nH]2)cc1. The molecule has 0 amide bonds. The van der Waals surface area contributed by atoms with Crippen molar-refractivity contribution in [3.05, 3.63) is 70.9 Å². The molecular weight excluding hydrogens is 446 g/mol. The van der Waals surface area contributed by atoms with Crippen molar-refractivity contribution in [3.8, 4) is 17.2 Å². The van der Waals surface area contributed by atoms with E-state index in [1.807, 2.05) is 46.7 Å². The number of carboxylic acids is 1. The maximum atomic E-state index is 11.8. The average Bonchev–Trinajstić information content (AvgIpc) is 3.54. The Kier molecular flexibility index (Phi) is 5.45. The van der Waals surface area contributed by atoms with E-state index in [0.29, 0.717) is 29.7 Å². The van der Waals surface area contributed by atoms with Crippen LogP contribution in [0.2, 0.25) is 5.02 Å². The summed E-state index contributed by atoms with van der Waals surface area (Å²) < 4.78 is 7.73. The number of para-hydroxylation sites is 1. The summed E-state index contributed by atoms with van der Waals surface area (Å²) in [6, 6.07) is 14.8. The first-order valence-electron chi connectivity index (χ1n) is 10.3. The van der Waals surface area contributed by atoms with E-state index in [0.717, 1.165) is 22.6 Å². The van der Waals surface area contributed by atoms with Gasteiger partial charge in [0.25, 0.3) is 0 Å². The Morgan fingerprint density at radius 1 is 1.24 bits per heavy atom. The van der Waals surface area contributed by atoms with E-state index in [9.17, 15) is 9.90 Å². The zero-order valence-electron chi connectivity index (χ0n) is 17.6. The average molecular weight is 466 g/mol. The molecule has 10 nitrogen and oxygen atoms in total. The van der Waals surface area contributed by atoms with Crippen LogP contribution in [0, 0.1) is 0 Å². The number of carboxylic acid groups (broad SMARTS) is 1. The van der Waals surface area contributed by atoms with Gasteiger partial charge >= 0.3 is 5.97 Å². The molecule has 1 aliphatic heterocycles. The van der Waals surface area contributed by atoms with Crippen LogP contribution in [0.3, 0.4) is 0 Å². The molecule has 0 saturated heterocycles. The summed E-state index contributed by atoms with van der Waals surface area (Å²) in [5.74, 6) is -0.475. The molecule has 168 valence electrons. The van der Waals surface area contributed by atoms with Gasteiger partial charge in [-0.2, -0.15) is 0 Å². The van der Waals surface area contributed by atoms with E-state index in [1.54, 1.807) is 24.4 Å². The maximum Gasteiger partial charge on any atom is 0.337 e. The molecule has 0 aliphatic carbocycles. The second kappa shape index (κ2) is 8.57. The number of nitrogens with one attached hydrogen (secondary N) is 2. The number of carbonyl (C=O) groups is 1. The quantitative estimate of drug-likeness (QED) is 0.377. The molecule has 0 radical (unpaired) electrons. The van der Waals surface area contributed by atoms with Crippen LogP contribution < -0.4 is 10.2 Å². The molecule has 1 aliphatic rings. The lowest BCUT2D eigenvalue weighted by atomic mass is 10.1. The lowest BCUT2D eigenvalue weighted by Crippen LogP contribution is -2.38. The van der Waals surface area contributed by atoms with Gasteiger partial charge in [-0.1, -0.05) is 29.8 Å². The van der Waals surface area contributed by atoms with E-state index >= 15 is 0 Å². The van der Waals surface area contributed by atoms with Crippen molar-refractivity contribution in [1.29, 1.82) is 0 Å². The summed E-state index contributed by atoms with van der Waals surface area (Å²) >= 11 is 6.23. The molecule has 3 heterocycles. The smallest absolute Gasteiger partial charge is 0.337 e. The number of aromatic carboxylic acids is 1. The molecule has 2 aromatic carbocycles. The third kappa shape index (κ3) is 3.90. The summed E-state index contributed by atoms with van der Waals surface area (Å²) in [6.45, 7) is 2.84. The molecule has 5 rings (SSSR count). The van der Waals surface area contributed by atoms with Gasteiger partial charge < -0.3 is 24.6 Å². The van der Waals surface area contributed by atoms with Gasteiger partial charge in [-0.25, -0.2) is 9.89 Å². The first kappa shape index (κ1) is 21.0. The van der Waals surface area contributed by atoms with Crippen LogP contribution in [-0.2, 0) is 11.3 Å². The van der Waals surface area contributed by atoms with Crippen LogP contribution in [0.1, 0.15) is 22.8 Å². The fraction of sp³-hybridized carbons (Fsp3) is 0.182. The normalized spacial score (nSPS) is 14.8. The van der Waals surface area contributed by atoms with E-state index in [4.69, 9.17) is 16.3 Å². The topological polar surface area (TPSA) is 121 Å². The van der Waals surface area contributed by atoms with Crippen molar-refractivity contribution in [2.45, 2.75) is 19.8 Å². The van der Waals surface area contributed by atoms with Crippen molar-refractivity contribution in [1.82, 2.24) is 25.2 Å². The Hall–Kier alpha value is -3.89. The van der Waals surface area contributed by atoms with E-state index in [-0.39, 0.29) is 5.56 Å². The molecule has 0 fully saturated rings. The van der Waals surface area contributed by atoms with Crippen molar-refractivity contribution >= 4 is 28.9 Å². The fourth-order valence-corrected chi connectivity index (χ4v) is 4.18. The lowest BCUT2D eigenvalue weighted by molar-refractivity contribution is 0.0694. The number of rotatable bonds is 7. The largest absolute Gasteiger partial charge is 0.478 e. The monoisotopic (exact) mass is 465 g/mol. The number of fused-ring (bicyclic) bond motifs is 1. The molecule has 0 spiro atoms. The highest BCUT2D eigenvalue weighted by atomic mass is 35.5. The number of tetrazole rings is 1. The van der Waals surface area contributed by atoms with Gasteiger partial charge in [0.15, 0.2) is 5.82 Å². The van der Waals surface area contributed by atoms with Crippen molar-refractivity contribution in [2.75, 3.05) is 16.8 Å². The summed E-state index contributed by atoms with van der Waals surface area (Å²) in [7, 11) is 0. The van der Waals surface area contributed by atoms with Gasteiger partial charge in [0.05, 0.1) is 27.7 Å². The second-order valence-electron chi connectivity index (χ2n) is 7.42. The predicted octanol–water partition coefficient (Wildman–Crippen LogP) is 3.76. The number of hydrogen-bond donors (Lipinski definition) is 3. The minimum absolute atomic E-state index is 0.228. The van der Waals surface area contributed by atoms with Crippen LogP contribution in [0.4, 0.5) is 11.4 Å². The van der Waals surface area contributed by atoms with Crippen LogP contribution >= 0.6 is 11.6 Å². The number of benzene rings is 2. The zero-order chi connectivity index (χ0) is 22.9. The lowest BCUT2D eigenvalue weighted by Gasteiger charge is -2.27. The van der Waals surface area contributed by atoms with E-state index < -0.39 is 12.3 Å². The summed E-state index contributed by atoms with van der Waals surface area (Å²) in [4.78, 5) is 13.8. The maximum absolute atomic E-state index is 11.8. The summed E-state index contributed by atoms with van der Waals surface area (Å²) in [6.07, 6.45) is 1.33. The fourth-order valence-electron chi connectivity index (χ4n) is 3.97. The number of hydrogen-bond acceptors (Lipinski definition) is 7. The highest BCUT2D eigenvalue weighted by Crippen LogP contribution is 2.39. The zero-order valence-corrected chi connectivity index (χ0v) is 18.3. The Labute approximate surface area is 193 Å². The number of nitrogens with zero attached hydrogens (tertiary/aromatic N) is 5. The summed E-state index contributed by atoms with van der Waals surface area (Å²) in [5, 5.41) is 27.5. The minimum Gasteiger partial charge on any atom is -0.478 e. The number of H-pyrrole nitrogens is 1. The number of anilines is 2. The molecule has 3 N–H and O–H groups in total. The standard InChI is InChI=1S/C22H20ClN7O3/c1-2-33-22-24-17-5-3-4-16(21(31)32)19(17)30(22)11-13-6-8-15(9-7-13)29-12-14(23)10-18(29)20-25-27-28-26-20/h3-10,12,22,24H,2,11H2,1H3,(H,31,32)(H,25,26,27,28). The predicted molar refractivity (Wildman–Crippen MR) is 123 cm³/mol. The summed E-state index contributed by atoms with van der Waals surface area (Å²) in [5.41, 5.74) is 4.18. The number of halogens is 1. The molecule has 4 aromatic rings. The van der Waals surface area contributed by atoms with Gasteiger partial charge in [0.1, 0.15) is 0 Å². The highest BCUT2D eigenvalue weighted by molar-refractivity contribution is 6.30. The van der Waals surface area contributed by atoms with Crippen molar-refractivity contribution in [2.24, 2.45) is 0 Å². The molecule has 2 aromatic heterocycles. The Bertz CT molecular complexity index is 1290. The third-order valence-electron chi connectivity index (χ3n) is 5.38. The van der Waals surface area contributed by atoms with E-state index in [1.165, 1.54) is 0 Å². The van der Waals surface area contributed by atoms with Gasteiger partial charge in [0, 0.05) is 25.0 Å². The molecule has 0 saturated carbocycles. The minimum atomic E-state index is -0.981. The molecule has 11 heteroatoms. The van der Waals surface area contributed by atoms with Crippen LogP contribution in [-0.4, -0.2) is 49.2 Å². The number of ether oxygens (including phenoxy) is 1. The van der Waals surface area contributed by atoms with Gasteiger partial charge in [0.2, 0.25) is 6.35 Å². The first-order valence-corrected chi connectivity index (χ1v) is 10.7. The number of aromatic nitrogens is 5. The third-order valence-corrected chi connectivity index (χ3v) is 5.59. The van der Waals surface area contributed by atoms with Crippen molar-refractivity contribution < 1.29 is 14.6 Å². The van der Waals surface area contributed by atoms with Crippen LogP contribution in [0.5, 0.6) is 0 Å². The molecule has 33 heavy (non-hydrogen) atoms. The van der Waals surface area contributed by atoms with E-state index in [2.05, 4.69) is 25.9 Å². The molecule has 1 unspecified atom stereocenters. The Morgan fingerprint density at radius 2 is 2.06 bits per heavy atom. The molecule has 1 atom stereocenters. The Morgan fingerprint density at radius 3 is 2.76 bits per heavy atom. The molecular formula is C22H20ClN7O3.